The first kappa shape index (κ1) is 14.2. The number of halogens is 1. The van der Waals surface area contributed by atoms with Gasteiger partial charge in [0, 0.05) is 18.0 Å². The second kappa shape index (κ2) is 5.90. The highest BCUT2D eigenvalue weighted by Crippen LogP contribution is 2.35. The minimum Gasteiger partial charge on any atom is -0.454 e. The van der Waals surface area contributed by atoms with Gasteiger partial charge >= 0.3 is 6.03 Å². The Bertz CT molecular complexity index is 738. The number of anilines is 2. The normalized spacial score (nSPS) is 11.9. The molecule has 2 aromatic rings. The number of fused-ring (bicyclic) bond motifs is 1. The highest BCUT2D eigenvalue weighted by molar-refractivity contribution is 6.29. The van der Waals surface area contributed by atoms with Crippen molar-refractivity contribution < 1.29 is 19.1 Å². The third-order valence-electron chi connectivity index (χ3n) is 2.94. The molecule has 0 radical (unpaired) electrons. The fraction of sp³-hybridized carbons (Fsp3) is 0.0714. The minimum atomic E-state index is -0.629. The molecule has 1 aromatic carbocycles. The van der Waals surface area contributed by atoms with Crippen molar-refractivity contribution >= 4 is 35.4 Å². The first-order chi connectivity index (χ1) is 10.7. The zero-order valence-electron chi connectivity index (χ0n) is 11.2. The van der Waals surface area contributed by atoms with E-state index in [1.807, 2.05) is 0 Å². The molecule has 0 spiro atoms. The van der Waals surface area contributed by atoms with Crippen LogP contribution >= 0.6 is 11.6 Å². The number of hydrogen-bond acceptors (Lipinski definition) is 5. The van der Waals surface area contributed by atoms with E-state index in [2.05, 4.69) is 10.3 Å². The van der Waals surface area contributed by atoms with Crippen LogP contribution in [0.15, 0.2) is 36.5 Å². The molecule has 8 heteroatoms. The lowest BCUT2D eigenvalue weighted by atomic mass is 10.2. The number of carbonyl (C=O) groups excluding carboxylic acids is 2. The molecule has 1 aliphatic rings. The highest BCUT2D eigenvalue weighted by atomic mass is 35.5. The second-order valence-corrected chi connectivity index (χ2v) is 4.70. The third kappa shape index (κ3) is 2.79. The van der Waals surface area contributed by atoms with Gasteiger partial charge < -0.3 is 14.8 Å². The number of ether oxygens (including phenoxy) is 2. The maximum atomic E-state index is 12.2. The molecule has 1 N–H and O–H groups in total. The Morgan fingerprint density at radius 1 is 1.27 bits per heavy atom. The molecule has 1 aromatic heterocycles. The number of aromatic nitrogens is 1. The predicted octanol–water partition coefficient (Wildman–Crippen LogP) is 2.66. The van der Waals surface area contributed by atoms with Crippen LogP contribution in [0.3, 0.4) is 0 Å². The molecule has 0 bridgehead atoms. The predicted molar refractivity (Wildman–Crippen MR) is 79.4 cm³/mol. The zero-order chi connectivity index (χ0) is 15.5. The maximum Gasteiger partial charge on any atom is 0.332 e. The number of amides is 3. The molecule has 0 atom stereocenters. The maximum absolute atomic E-state index is 12.2. The zero-order valence-corrected chi connectivity index (χ0v) is 11.9. The summed E-state index contributed by atoms with van der Waals surface area (Å²) in [4.78, 5) is 28.2. The molecule has 0 saturated heterocycles. The van der Waals surface area contributed by atoms with Gasteiger partial charge in [-0.25, -0.2) is 14.7 Å². The minimum absolute atomic E-state index is 0.113. The molecular weight excluding hydrogens is 310 g/mol. The topological polar surface area (TPSA) is 80.8 Å². The van der Waals surface area contributed by atoms with Gasteiger partial charge in [0.15, 0.2) is 11.5 Å². The largest absolute Gasteiger partial charge is 0.454 e. The van der Waals surface area contributed by atoms with Crippen LogP contribution in [-0.4, -0.2) is 24.2 Å². The van der Waals surface area contributed by atoms with E-state index in [0.29, 0.717) is 29.3 Å². The van der Waals surface area contributed by atoms with Crippen molar-refractivity contribution in [1.82, 2.24) is 4.98 Å². The van der Waals surface area contributed by atoms with E-state index in [0.717, 1.165) is 4.90 Å². The first-order valence-electron chi connectivity index (χ1n) is 6.24. The number of urea groups is 1. The lowest BCUT2D eigenvalue weighted by molar-refractivity contribution is -0.106. The summed E-state index contributed by atoms with van der Waals surface area (Å²) < 4.78 is 10.4. The molecule has 22 heavy (non-hydrogen) atoms. The molecule has 2 heterocycles. The number of nitrogens with zero attached hydrogens (tertiary/aromatic N) is 2. The summed E-state index contributed by atoms with van der Waals surface area (Å²) in [5.41, 5.74) is 0.787. The van der Waals surface area contributed by atoms with Gasteiger partial charge in [0.25, 0.3) is 0 Å². The average molecular weight is 320 g/mol. The summed E-state index contributed by atoms with van der Waals surface area (Å²) in [6.45, 7) is 0.113. The molecule has 0 unspecified atom stereocenters. The third-order valence-corrected chi connectivity index (χ3v) is 3.14. The van der Waals surface area contributed by atoms with E-state index in [1.54, 1.807) is 24.3 Å². The smallest absolute Gasteiger partial charge is 0.332 e. The fourth-order valence-electron chi connectivity index (χ4n) is 1.92. The molecule has 0 aliphatic carbocycles. The summed E-state index contributed by atoms with van der Waals surface area (Å²) in [6, 6.07) is 7.17. The SMILES string of the molecule is O=CN(C(=O)Nc1ccnc(Cl)c1)c1ccc2c(c1)OCO2. The number of imide groups is 1. The summed E-state index contributed by atoms with van der Waals surface area (Å²) in [7, 11) is 0. The molecular formula is C14H10ClN3O4. The molecule has 0 saturated carbocycles. The average Bonchev–Trinajstić information content (AvgIpc) is 2.95. The Hall–Kier alpha value is -2.80. The van der Waals surface area contributed by atoms with E-state index in [-0.39, 0.29) is 11.9 Å². The summed E-state index contributed by atoms with van der Waals surface area (Å²) in [5.74, 6) is 1.04. The van der Waals surface area contributed by atoms with E-state index < -0.39 is 6.03 Å². The van der Waals surface area contributed by atoms with E-state index in [4.69, 9.17) is 21.1 Å². The van der Waals surface area contributed by atoms with Crippen LogP contribution in [0, 0.1) is 0 Å². The van der Waals surface area contributed by atoms with Gasteiger partial charge in [-0.3, -0.25) is 4.79 Å². The van der Waals surface area contributed by atoms with Crippen molar-refractivity contribution in [3.8, 4) is 11.5 Å². The molecule has 3 amide bonds. The van der Waals surface area contributed by atoms with Gasteiger partial charge in [-0.2, -0.15) is 0 Å². The molecule has 1 aliphatic heterocycles. The Morgan fingerprint density at radius 3 is 2.86 bits per heavy atom. The van der Waals surface area contributed by atoms with Crippen molar-refractivity contribution in [2.45, 2.75) is 0 Å². The monoisotopic (exact) mass is 319 g/mol. The van der Waals surface area contributed by atoms with Gasteiger partial charge in [0.05, 0.1) is 5.69 Å². The fourth-order valence-corrected chi connectivity index (χ4v) is 2.10. The van der Waals surface area contributed by atoms with Crippen molar-refractivity contribution in [2.75, 3.05) is 17.0 Å². The van der Waals surface area contributed by atoms with Crippen LogP contribution in [0.1, 0.15) is 0 Å². The number of pyridine rings is 1. The van der Waals surface area contributed by atoms with Gasteiger partial charge in [-0.1, -0.05) is 11.6 Å². The van der Waals surface area contributed by atoms with Crippen LogP contribution in [-0.2, 0) is 4.79 Å². The highest BCUT2D eigenvalue weighted by Gasteiger charge is 2.20. The van der Waals surface area contributed by atoms with E-state index >= 15 is 0 Å². The number of nitrogens with one attached hydrogen (secondary N) is 1. The van der Waals surface area contributed by atoms with Crippen molar-refractivity contribution in [3.63, 3.8) is 0 Å². The Morgan fingerprint density at radius 2 is 2.09 bits per heavy atom. The molecule has 3 rings (SSSR count). The van der Waals surface area contributed by atoms with E-state index in [9.17, 15) is 9.59 Å². The van der Waals surface area contributed by atoms with Crippen molar-refractivity contribution in [2.24, 2.45) is 0 Å². The van der Waals surface area contributed by atoms with Gasteiger partial charge in [-0.05, 0) is 24.3 Å². The van der Waals surface area contributed by atoms with Crippen LogP contribution in [0.5, 0.6) is 11.5 Å². The first-order valence-corrected chi connectivity index (χ1v) is 6.62. The lowest BCUT2D eigenvalue weighted by Gasteiger charge is -2.16. The van der Waals surface area contributed by atoms with Gasteiger partial charge in [0.2, 0.25) is 13.2 Å². The molecule has 112 valence electrons. The van der Waals surface area contributed by atoms with Gasteiger partial charge in [0.1, 0.15) is 5.15 Å². The number of hydrogen-bond donors (Lipinski definition) is 1. The summed E-state index contributed by atoms with van der Waals surface area (Å²) in [5, 5.41) is 2.79. The summed E-state index contributed by atoms with van der Waals surface area (Å²) in [6.07, 6.45) is 1.86. The number of benzene rings is 1. The second-order valence-electron chi connectivity index (χ2n) is 4.31. The number of rotatable bonds is 3. The van der Waals surface area contributed by atoms with Crippen LogP contribution in [0.4, 0.5) is 16.2 Å². The van der Waals surface area contributed by atoms with Crippen molar-refractivity contribution in [3.05, 3.63) is 41.7 Å². The van der Waals surface area contributed by atoms with E-state index in [1.165, 1.54) is 12.3 Å². The quantitative estimate of drug-likeness (QED) is 0.695. The van der Waals surface area contributed by atoms with Gasteiger partial charge in [-0.15, -0.1) is 0 Å². The Labute approximate surface area is 130 Å². The summed E-state index contributed by atoms with van der Waals surface area (Å²) >= 11 is 5.75. The van der Waals surface area contributed by atoms with Crippen LogP contribution in [0.25, 0.3) is 0 Å². The number of carbonyl (C=O) groups is 2. The van der Waals surface area contributed by atoms with Crippen LogP contribution < -0.4 is 19.7 Å². The molecule has 7 nitrogen and oxygen atoms in total. The molecule has 0 fully saturated rings. The Kier molecular flexibility index (Phi) is 3.80. The van der Waals surface area contributed by atoms with Crippen molar-refractivity contribution in [1.29, 1.82) is 0 Å². The standard InChI is InChI=1S/C14H10ClN3O4/c15-13-5-9(3-4-16-13)17-14(20)18(7-19)10-1-2-11-12(6-10)22-8-21-11/h1-7H,8H2,(H,16,17,20). The Balaban J connectivity index is 1.81. The van der Waals surface area contributed by atoms with Crippen LogP contribution in [0.2, 0.25) is 5.15 Å². The lowest BCUT2D eigenvalue weighted by Crippen LogP contribution is -2.33.